The second-order valence-electron chi connectivity index (χ2n) is 7.50. The van der Waals surface area contributed by atoms with Crippen molar-refractivity contribution in [2.75, 3.05) is 53.3 Å². The molecular weight excluding hydrogens is 507 g/mol. The van der Waals surface area contributed by atoms with Gasteiger partial charge in [0.05, 0.1) is 21.7 Å². The van der Waals surface area contributed by atoms with Crippen molar-refractivity contribution in [3.63, 3.8) is 0 Å². The topological polar surface area (TPSA) is 83.0 Å². The van der Waals surface area contributed by atoms with Crippen LogP contribution in [0.3, 0.4) is 0 Å². The van der Waals surface area contributed by atoms with E-state index in [9.17, 15) is 13.2 Å². The fraction of sp³-hybridized carbons (Fsp3) is 0.333. The molecule has 1 heterocycles. The number of halogens is 2. The Hall–Kier alpha value is -1.95. The minimum absolute atomic E-state index is 0. The van der Waals surface area contributed by atoms with Crippen LogP contribution < -0.4 is 9.64 Å². The number of likely N-dealkylation sites (N-methyl/N-ethyl adjacent to an activating group) is 1. The van der Waals surface area contributed by atoms with Crippen LogP contribution in [-0.2, 0) is 10.0 Å². The zero-order valence-corrected chi connectivity index (χ0v) is 22.1. The summed E-state index contributed by atoms with van der Waals surface area (Å²) in [7, 11) is 4.74. The Bertz CT molecular complexity index is 1230. The number of benzene rings is 2. The number of hydrogen-bond acceptors (Lipinski definition) is 7. The summed E-state index contributed by atoms with van der Waals surface area (Å²) in [5, 5.41) is 1.02. The highest BCUT2D eigenvalue weighted by Crippen LogP contribution is 2.39. The van der Waals surface area contributed by atoms with Crippen molar-refractivity contribution in [3.8, 4) is 5.75 Å². The number of fused-ring (bicyclic) bond motifs is 1. The van der Waals surface area contributed by atoms with E-state index in [1.165, 1.54) is 49.7 Å². The molecule has 3 rings (SSSR count). The minimum Gasteiger partial charge on any atom is -0.494 e. The number of amides is 1. The van der Waals surface area contributed by atoms with Crippen LogP contribution in [0.15, 0.2) is 41.3 Å². The van der Waals surface area contributed by atoms with Crippen LogP contribution in [0, 0.1) is 0 Å². The number of anilines is 1. The maximum atomic E-state index is 13.4. The monoisotopic (exact) mass is 532 g/mol. The number of aromatic nitrogens is 1. The van der Waals surface area contributed by atoms with Crippen LogP contribution in [0.5, 0.6) is 5.75 Å². The van der Waals surface area contributed by atoms with E-state index < -0.39 is 10.0 Å². The van der Waals surface area contributed by atoms with Gasteiger partial charge in [-0.1, -0.05) is 22.9 Å². The van der Waals surface area contributed by atoms with Crippen LogP contribution in [0.25, 0.3) is 10.2 Å². The van der Waals surface area contributed by atoms with Crippen molar-refractivity contribution < 1.29 is 17.9 Å². The van der Waals surface area contributed by atoms with E-state index in [-0.39, 0.29) is 23.2 Å². The van der Waals surface area contributed by atoms with Crippen molar-refractivity contribution >= 4 is 66.6 Å². The van der Waals surface area contributed by atoms with E-state index in [0.717, 1.165) is 9.01 Å². The Labute approximate surface area is 209 Å². The van der Waals surface area contributed by atoms with Crippen molar-refractivity contribution in [2.45, 2.75) is 4.90 Å². The highest BCUT2D eigenvalue weighted by molar-refractivity contribution is 7.89. The first kappa shape index (κ1) is 27.3. The molecule has 2 aromatic carbocycles. The molecule has 1 aromatic heterocycles. The summed E-state index contributed by atoms with van der Waals surface area (Å²) < 4.78 is 31.9. The Morgan fingerprint density at radius 3 is 2.24 bits per heavy atom. The lowest BCUT2D eigenvalue weighted by molar-refractivity contribution is 0.0985. The second-order valence-corrected chi connectivity index (χ2v) is 11.0. The van der Waals surface area contributed by atoms with Crippen molar-refractivity contribution in [1.82, 2.24) is 14.2 Å². The number of carbonyl (C=O) groups is 1. The lowest BCUT2D eigenvalue weighted by Crippen LogP contribution is -2.36. The molecule has 0 radical (unpaired) electrons. The van der Waals surface area contributed by atoms with E-state index in [1.54, 1.807) is 24.1 Å². The molecule has 0 N–H and O–H groups in total. The summed E-state index contributed by atoms with van der Waals surface area (Å²) in [5.41, 5.74) is 0.953. The third-order valence-electron chi connectivity index (χ3n) is 4.79. The average molecular weight is 534 g/mol. The molecule has 0 aliphatic heterocycles. The summed E-state index contributed by atoms with van der Waals surface area (Å²) in [6.07, 6.45) is 0. The average Bonchev–Trinajstić information content (AvgIpc) is 3.20. The summed E-state index contributed by atoms with van der Waals surface area (Å²) in [4.78, 5) is 21.7. The normalized spacial score (nSPS) is 11.6. The van der Waals surface area contributed by atoms with E-state index in [0.29, 0.717) is 40.1 Å². The molecule has 33 heavy (non-hydrogen) atoms. The molecule has 0 aliphatic carbocycles. The van der Waals surface area contributed by atoms with Gasteiger partial charge in [0.1, 0.15) is 11.3 Å². The van der Waals surface area contributed by atoms with Gasteiger partial charge in [0, 0.05) is 32.7 Å². The van der Waals surface area contributed by atoms with Gasteiger partial charge in [-0.05, 0) is 50.5 Å². The quantitative estimate of drug-likeness (QED) is 0.438. The zero-order valence-electron chi connectivity index (χ0n) is 18.9. The van der Waals surface area contributed by atoms with Crippen LogP contribution in [0.2, 0.25) is 5.02 Å². The SMILES string of the molecule is COc1ccc(Cl)c2sc(N(CCN(C)C)C(=O)c3ccc(S(=O)(=O)N(C)C)cc3)nc12.Cl. The Balaban J connectivity index is 0.00000385. The molecule has 0 saturated heterocycles. The number of methoxy groups -OCH3 is 1. The van der Waals surface area contributed by atoms with E-state index >= 15 is 0 Å². The molecule has 0 bridgehead atoms. The first-order chi connectivity index (χ1) is 15.1. The van der Waals surface area contributed by atoms with E-state index in [2.05, 4.69) is 4.98 Å². The fourth-order valence-corrected chi connectivity index (χ4v) is 5.12. The van der Waals surface area contributed by atoms with Crippen molar-refractivity contribution in [1.29, 1.82) is 0 Å². The number of rotatable bonds is 8. The summed E-state index contributed by atoms with van der Waals surface area (Å²) in [6, 6.07) is 9.38. The van der Waals surface area contributed by atoms with Gasteiger partial charge in [-0.2, -0.15) is 0 Å². The van der Waals surface area contributed by atoms with Gasteiger partial charge in [-0.3, -0.25) is 9.69 Å². The maximum absolute atomic E-state index is 13.4. The van der Waals surface area contributed by atoms with Gasteiger partial charge < -0.3 is 9.64 Å². The molecule has 8 nitrogen and oxygen atoms in total. The Morgan fingerprint density at radius 1 is 1.06 bits per heavy atom. The first-order valence-corrected chi connectivity index (χ1v) is 12.3. The van der Waals surface area contributed by atoms with Gasteiger partial charge in [-0.15, -0.1) is 12.4 Å². The number of sulfonamides is 1. The smallest absolute Gasteiger partial charge is 0.260 e. The predicted octanol–water partition coefficient (Wildman–Crippen LogP) is 3.84. The maximum Gasteiger partial charge on any atom is 0.260 e. The van der Waals surface area contributed by atoms with Gasteiger partial charge in [-0.25, -0.2) is 17.7 Å². The number of ether oxygens (including phenoxy) is 1. The lowest BCUT2D eigenvalue weighted by Gasteiger charge is -2.22. The summed E-state index contributed by atoms with van der Waals surface area (Å²) >= 11 is 7.66. The van der Waals surface area contributed by atoms with Gasteiger partial charge in [0.15, 0.2) is 5.13 Å². The number of nitrogens with zero attached hydrogens (tertiary/aromatic N) is 4. The first-order valence-electron chi connectivity index (χ1n) is 9.68. The standard InChI is InChI=1S/C21H25ClN4O4S2.ClH/c1-24(2)12-13-26(21-23-18-17(30-5)11-10-16(22)19(18)31-21)20(27)14-6-8-15(9-7-14)32(28,29)25(3)4;/h6-11H,12-13H2,1-5H3;1H. The minimum atomic E-state index is -3.58. The largest absolute Gasteiger partial charge is 0.494 e. The molecule has 0 unspecified atom stereocenters. The number of carbonyl (C=O) groups excluding carboxylic acids is 1. The highest BCUT2D eigenvalue weighted by atomic mass is 35.5. The second kappa shape index (κ2) is 11.0. The van der Waals surface area contributed by atoms with Crippen LogP contribution in [0.1, 0.15) is 10.4 Å². The molecule has 0 saturated carbocycles. The molecule has 0 atom stereocenters. The summed E-state index contributed by atoms with van der Waals surface area (Å²) in [5.74, 6) is 0.292. The number of hydrogen-bond donors (Lipinski definition) is 0. The lowest BCUT2D eigenvalue weighted by atomic mass is 10.2. The third kappa shape index (κ3) is 5.76. The van der Waals surface area contributed by atoms with Crippen molar-refractivity contribution in [3.05, 3.63) is 47.0 Å². The summed E-state index contributed by atoms with van der Waals surface area (Å²) in [6.45, 7) is 1.00. The molecular formula is C21H26Cl2N4O4S2. The molecule has 180 valence electrons. The van der Waals surface area contributed by atoms with Gasteiger partial charge >= 0.3 is 0 Å². The molecule has 1 amide bonds. The molecule has 12 heteroatoms. The van der Waals surface area contributed by atoms with E-state index in [4.69, 9.17) is 16.3 Å². The third-order valence-corrected chi connectivity index (χ3v) is 8.16. The fourth-order valence-electron chi connectivity index (χ4n) is 2.94. The zero-order chi connectivity index (χ0) is 23.6. The Kier molecular flexibility index (Phi) is 9.09. The van der Waals surface area contributed by atoms with Crippen molar-refractivity contribution in [2.24, 2.45) is 0 Å². The van der Waals surface area contributed by atoms with Crippen LogP contribution >= 0.6 is 35.3 Å². The van der Waals surface area contributed by atoms with Gasteiger partial charge in [0.2, 0.25) is 10.0 Å². The van der Waals surface area contributed by atoms with Crippen LogP contribution in [-0.4, -0.2) is 76.9 Å². The van der Waals surface area contributed by atoms with Crippen LogP contribution in [0.4, 0.5) is 5.13 Å². The predicted molar refractivity (Wildman–Crippen MR) is 136 cm³/mol. The highest BCUT2D eigenvalue weighted by Gasteiger charge is 2.24. The number of thiazole rings is 1. The molecule has 0 fully saturated rings. The molecule has 0 spiro atoms. The van der Waals surface area contributed by atoms with Gasteiger partial charge in [0.25, 0.3) is 5.91 Å². The molecule has 0 aliphatic rings. The van der Waals surface area contributed by atoms with E-state index in [1.807, 2.05) is 19.0 Å². The Morgan fingerprint density at radius 2 is 1.70 bits per heavy atom. The molecule has 3 aromatic rings.